The van der Waals surface area contributed by atoms with E-state index in [-0.39, 0.29) is 10.9 Å². The summed E-state index contributed by atoms with van der Waals surface area (Å²) in [4.78, 5) is 6.59. The zero-order valence-corrected chi connectivity index (χ0v) is 19.5. The predicted octanol–water partition coefficient (Wildman–Crippen LogP) is 10.3. The van der Waals surface area contributed by atoms with E-state index in [9.17, 15) is 25.2 Å². The molecule has 0 saturated carbocycles. The third-order valence-electron chi connectivity index (χ3n) is 3.98. The van der Waals surface area contributed by atoms with Crippen molar-refractivity contribution in [2.75, 3.05) is 0 Å². The molecule has 0 bridgehead atoms. The van der Waals surface area contributed by atoms with Crippen molar-refractivity contribution >= 4 is 30.5 Å². The molecule has 174 valence electrons. The molecule has 0 unspecified atom stereocenters. The normalized spacial score (nSPS) is 13.4. The van der Waals surface area contributed by atoms with Crippen molar-refractivity contribution in [2.24, 2.45) is 0 Å². The molecule has 0 radical (unpaired) electrons. The van der Waals surface area contributed by atoms with Gasteiger partial charge < -0.3 is 0 Å². The van der Waals surface area contributed by atoms with Gasteiger partial charge in [0.2, 0.25) is 0 Å². The molecular weight excluding hydrogens is 497 g/mol. The Balaban J connectivity index is 0.000000383. The Kier molecular flexibility index (Phi) is 7.22. The van der Waals surface area contributed by atoms with Crippen LogP contribution in [0.2, 0.25) is 0 Å². The molecular formula is C24H19F6PS2. The molecule has 0 aliphatic heterocycles. The zero-order chi connectivity index (χ0) is 24.0. The van der Waals surface area contributed by atoms with Gasteiger partial charge in [-0.2, -0.15) is 0 Å². The second-order valence-corrected chi connectivity index (χ2v) is 11.9. The van der Waals surface area contributed by atoms with Crippen LogP contribution in [0.5, 0.6) is 0 Å². The minimum atomic E-state index is -10.7. The van der Waals surface area contributed by atoms with E-state index in [1.807, 2.05) is 11.8 Å². The average Bonchev–Trinajstić information content (AvgIpc) is 2.74. The molecule has 0 heterocycles. The van der Waals surface area contributed by atoms with Crippen LogP contribution in [0.15, 0.2) is 140 Å². The van der Waals surface area contributed by atoms with Crippen molar-refractivity contribution in [3.8, 4) is 0 Å². The van der Waals surface area contributed by atoms with Gasteiger partial charge in [-0.15, -0.1) is 0 Å². The molecule has 0 atom stereocenters. The molecule has 0 aliphatic carbocycles. The van der Waals surface area contributed by atoms with Crippen LogP contribution < -0.4 is 0 Å². The van der Waals surface area contributed by atoms with Gasteiger partial charge in [0.15, 0.2) is 14.7 Å². The molecule has 33 heavy (non-hydrogen) atoms. The van der Waals surface area contributed by atoms with E-state index in [4.69, 9.17) is 0 Å². The van der Waals surface area contributed by atoms with Gasteiger partial charge in [-0.25, -0.2) is 0 Å². The molecule has 0 aliphatic rings. The maximum Gasteiger partial charge on any atom is 0.167 e. The standard InChI is InChI=1S/C24H19S2.F6P/c1-4-11-20(12-5-1)25-21-13-10-18-24(19-21)26(22-14-6-2-7-15-22)23-16-8-3-9-17-23;1-7(2,3,4,5)6/h1-19H;/q+1;-1. The van der Waals surface area contributed by atoms with Gasteiger partial charge in [0, 0.05) is 15.9 Å². The fourth-order valence-electron chi connectivity index (χ4n) is 2.81. The van der Waals surface area contributed by atoms with Crippen LogP contribution in [0.4, 0.5) is 25.2 Å². The Morgan fingerprint density at radius 1 is 0.455 bits per heavy atom. The molecule has 4 rings (SSSR count). The largest absolute Gasteiger partial charge is 0.167 e. The molecule has 0 amide bonds. The van der Waals surface area contributed by atoms with Crippen molar-refractivity contribution in [3.05, 3.63) is 115 Å². The van der Waals surface area contributed by atoms with Crippen LogP contribution in [0, 0.1) is 0 Å². The molecule has 0 nitrogen and oxygen atoms in total. The summed E-state index contributed by atoms with van der Waals surface area (Å²) in [6, 6.07) is 41.1. The molecule has 0 aromatic heterocycles. The number of rotatable bonds is 5. The second kappa shape index (κ2) is 9.45. The third kappa shape index (κ3) is 9.95. The van der Waals surface area contributed by atoms with Crippen molar-refractivity contribution in [2.45, 2.75) is 24.5 Å². The van der Waals surface area contributed by atoms with E-state index < -0.39 is 7.81 Å². The summed E-state index contributed by atoms with van der Waals surface area (Å²) in [5.74, 6) is 0. The number of benzene rings is 4. The summed E-state index contributed by atoms with van der Waals surface area (Å²) < 4.78 is 59.2. The first-order valence-electron chi connectivity index (χ1n) is 9.59. The number of hydrogen-bond donors (Lipinski definition) is 0. The van der Waals surface area contributed by atoms with Gasteiger partial charge in [-0.3, -0.25) is 0 Å². The SMILES string of the molecule is F[P-](F)(F)(F)(F)F.c1ccc(Sc2cccc([S+](c3ccccc3)c3ccccc3)c2)cc1. The third-order valence-corrected chi connectivity index (χ3v) is 7.19. The first-order valence-corrected chi connectivity index (χ1v) is 13.7. The summed E-state index contributed by atoms with van der Waals surface area (Å²) in [5, 5.41) is 0. The van der Waals surface area contributed by atoms with Crippen molar-refractivity contribution in [1.29, 1.82) is 0 Å². The summed E-state index contributed by atoms with van der Waals surface area (Å²) in [6.45, 7) is 0. The van der Waals surface area contributed by atoms with Crippen LogP contribution in [-0.2, 0) is 10.9 Å². The van der Waals surface area contributed by atoms with Gasteiger partial charge in [0.05, 0.1) is 10.9 Å². The Bertz CT molecular complexity index is 1120. The summed E-state index contributed by atoms with van der Waals surface area (Å²) in [6.07, 6.45) is 0. The monoisotopic (exact) mass is 516 g/mol. The molecule has 0 N–H and O–H groups in total. The van der Waals surface area contributed by atoms with E-state index in [2.05, 4.69) is 115 Å². The Hall–Kier alpha value is -2.41. The van der Waals surface area contributed by atoms with E-state index in [1.54, 1.807) is 0 Å². The van der Waals surface area contributed by atoms with Crippen molar-refractivity contribution < 1.29 is 25.2 Å². The fraction of sp³-hybridized carbons (Fsp3) is 0. The van der Waals surface area contributed by atoms with E-state index >= 15 is 0 Å². The molecule has 4 aromatic rings. The van der Waals surface area contributed by atoms with E-state index in [1.165, 1.54) is 24.5 Å². The second-order valence-electron chi connectivity index (χ2n) is 6.78. The summed E-state index contributed by atoms with van der Waals surface area (Å²) in [7, 11) is -10.8. The fourth-order valence-corrected chi connectivity index (χ4v) is 5.92. The molecule has 0 spiro atoms. The van der Waals surface area contributed by atoms with Gasteiger partial charge in [-0.05, 0) is 48.5 Å². The van der Waals surface area contributed by atoms with Crippen LogP contribution in [0.1, 0.15) is 0 Å². The van der Waals surface area contributed by atoms with E-state index in [0.29, 0.717) is 0 Å². The Morgan fingerprint density at radius 2 is 0.818 bits per heavy atom. The topological polar surface area (TPSA) is 0 Å². The van der Waals surface area contributed by atoms with Crippen LogP contribution in [0.25, 0.3) is 0 Å². The van der Waals surface area contributed by atoms with E-state index in [0.717, 1.165) is 0 Å². The summed E-state index contributed by atoms with van der Waals surface area (Å²) >= 11 is 1.81. The van der Waals surface area contributed by atoms with Gasteiger partial charge in [-0.1, -0.05) is 72.4 Å². The predicted molar refractivity (Wildman–Crippen MR) is 126 cm³/mol. The van der Waals surface area contributed by atoms with Crippen LogP contribution >= 0.6 is 19.6 Å². The van der Waals surface area contributed by atoms with Crippen molar-refractivity contribution in [3.63, 3.8) is 0 Å². The number of halogens is 6. The van der Waals surface area contributed by atoms with Gasteiger partial charge in [0.25, 0.3) is 0 Å². The first kappa shape index (κ1) is 25.2. The van der Waals surface area contributed by atoms with Gasteiger partial charge >= 0.3 is 33.0 Å². The summed E-state index contributed by atoms with van der Waals surface area (Å²) in [5.41, 5.74) is 0. The molecule has 0 fully saturated rings. The molecule has 0 saturated heterocycles. The Labute approximate surface area is 195 Å². The van der Waals surface area contributed by atoms with Gasteiger partial charge in [0.1, 0.15) is 0 Å². The van der Waals surface area contributed by atoms with Crippen LogP contribution in [0.3, 0.4) is 0 Å². The Morgan fingerprint density at radius 3 is 1.27 bits per heavy atom. The minimum absolute atomic E-state index is 0.0962. The first-order chi connectivity index (χ1) is 15.3. The molecule has 9 heteroatoms. The number of hydrogen-bond acceptors (Lipinski definition) is 1. The zero-order valence-electron chi connectivity index (χ0n) is 17.0. The minimum Gasteiger partial charge on any atom is -0.0899 e. The average molecular weight is 517 g/mol. The maximum atomic E-state index is 9.87. The smallest absolute Gasteiger partial charge is 0.0899 e. The quantitative estimate of drug-likeness (QED) is 0.144. The maximum absolute atomic E-state index is 10.7. The molecule has 4 aromatic carbocycles. The van der Waals surface area contributed by atoms with Crippen LogP contribution in [-0.4, -0.2) is 0 Å². The van der Waals surface area contributed by atoms with Crippen molar-refractivity contribution in [1.82, 2.24) is 0 Å².